The number of aromatic nitrogens is 1. The molecule has 2 heterocycles. The highest BCUT2D eigenvalue weighted by atomic mass is 32.1. The van der Waals surface area contributed by atoms with Crippen LogP contribution in [0.3, 0.4) is 0 Å². The molecule has 0 aliphatic rings. The molecule has 2 nitrogen and oxygen atoms in total. The Labute approximate surface area is 94.1 Å². The molecule has 0 saturated heterocycles. The van der Waals surface area contributed by atoms with Gasteiger partial charge in [-0.2, -0.15) is 0 Å². The first-order valence-electron chi connectivity index (χ1n) is 5.05. The van der Waals surface area contributed by atoms with E-state index < -0.39 is 0 Å². The van der Waals surface area contributed by atoms with Crippen LogP contribution >= 0.6 is 11.3 Å². The first-order valence-corrected chi connectivity index (χ1v) is 5.87. The van der Waals surface area contributed by atoms with E-state index in [1.54, 1.807) is 17.5 Å². The van der Waals surface area contributed by atoms with Gasteiger partial charge in [0.1, 0.15) is 0 Å². The summed E-state index contributed by atoms with van der Waals surface area (Å²) in [6, 6.07) is 1.87. The minimum atomic E-state index is 0.137. The molecule has 2 aromatic rings. The highest BCUT2D eigenvalue weighted by Gasteiger charge is 2.22. The third-order valence-electron chi connectivity index (χ3n) is 2.49. The summed E-state index contributed by atoms with van der Waals surface area (Å²) in [4.78, 5) is 7.05. The molecule has 0 amide bonds. The SMILES string of the molecule is Cc1sc(C(C)(C)C)c2nccc(N)c12. The monoisotopic (exact) mass is 220 g/mol. The molecule has 0 radical (unpaired) electrons. The molecule has 0 unspecified atom stereocenters. The van der Waals surface area contributed by atoms with Crippen molar-refractivity contribution in [3.05, 3.63) is 22.0 Å². The molecule has 0 atom stereocenters. The van der Waals surface area contributed by atoms with Crippen molar-refractivity contribution in [3.8, 4) is 0 Å². The average molecular weight is 220 g/mol. The van der Waals surface area contributed by atoms with E-state index in [1.807, 2.05) is 6.07 Å². The second-order valence-electron chi connectivity index (χ2n) is 4.86. The lowest BCUT2D eigenvalue weighted by Crippen LogP contribution is -2.09. The van der Waals surface area contributed by atoms with Gasteiger partial charge >= 0.3 is 0 Å². The fraction of sp³-hybridized carbons (Fsp3) is 0.417. The second kappa shape index (κ2) is 3.20. The summed E-state index contributed by atoms with van der Waals surface area (Å²) in [7, 11) is 0. The Balaban J connectivity index is 2.85. The number of nitrogens with two attached hydrogens (primary N) is 1. The molecule has 0 saturated carbocycles. The lowest BCUT2D eigenvalue weighted by atomic mass is 9.93. The van der Waals surface area contributed by atoms with Gasteiger partial charge in [-0.1, -0.05) is 20.8 Å². The third-order valence-corrected chi connectivity index (χ3v) is 4.01. The van der Waals surface area contributed by atoms with Gasteiger partial charge in [0.15, 0.2) is 0 Å². The van der Waals surface area contributed by atoms with Crippen LogP contribution in [0.15, 0.2) is 12.3 Å². The standard InChI is InChI=1S/C12H16N2S/c1-7-9-8(13)5-6-14-10(9)11(15-7)12(2,3)4/h5-6H,13H2,1-4H3. The number of hydrogen-bond donors (Lipinski definition) is 1. The lowest BCUT2D eigenvalue weighted by Gasteiger charge is -2.16. The molecule has 2 N–H and O–H groups in total. The largest absolute Gasteiger partial charge is 0.398 e. The Bertz CT molecular complexity index is 506. The van der Waals surface area contributed by atoms with Crippen LogP contribution in [0, 0.1) is 6.92 Å². The summed E-state index contributed by atoms with van der Waals surface area (Å²) in [5.74, 6) is 0. The zero-order valence-electron chi connectivity index (χ0n) is 9.59. The van der Waals surface area contributed by atoms with Crippen molar-refractivity contribution in [2.75, 3.05) is 5.73 Å². The summed E-state index contributed by atoms with van der Waals surface area (Å²) < 4.78 is 0. The highest BCUT2D eigenvalue weighted by molar-refractivity contribution is 7.13. The van der Waals surface area contributed by atoms with Gasteiger partial charge < -0.3 is 5.73 Å². The number of rotatable bonds is 0. The van der Waals surface area contributed by atoms with Gasteiger partial charge in [-0.05, 0) is 18.4 Å². The minimum Gasteiger partial charge on any atom is -0.398 e. The number of fused-ring (bicyclic) bond motifs is 1. The van der Waals surface area contributed by atoms with E-state index in [9.17, 15) is 0 Å². The third kappa shape index (κ3) is 1.61. The molecule has 0 aliphatic heterocycles. The van der Waals surface area contributed by atoms with Crippen molar-refractivity contribution in [2.24, 2.45) is 0 Å². The maximum atomic E-state index is 5.98. The van der Waals surface area contributed by atoms with Crippen LogP contribution in [-0.2, 0) is 5.41 Å². The molecule has 3 heteroatoms. The number of nitrogen functional groups attached to an aromatic ring is 1. The fourth-order valence-electron chi connectivity index (χ4n) is 1.78. The summed E-state index contributed by atoms with van der Waals surface area (Å²) in [6.07, 6.45) is 1.79. The number of anilines is 1. The van der Waals surface area contributed by atoms with Crippen LogP contribution in [0.4, 0.5) is 5.69 Å². The predicted octanol–water partition coefficient (Wildman–Crippen LogP) is 3.48. The number of hydrogen-bond acceptors (Lipinski definition) is 3. The van der Waals surface area contributed by atoms with Gasteiger partial charge in [0, 0.05) is 27.0 Å². The molecule has 0 fully saturated rings. The van der Waals surface area contributed by atoms with E-state index in [1.165, 1.54) is 9.75 Å². The van der Waals surface area contributed by atoms with Gasteiger partial charge in [-0.3, -0.25) is 4.98 Å². The molecule has 2 rings (SSSR count). The van der Waals surface area contributed by atoms with Crippen LogP contribution in [0.5, 0.6) is 0 Å². The fourth-order valence-corrected chi connectivity index (χ4v) is 2.96. The highest BCUT2D eigenvalue weighted by Crippen LogP contribution is 2.39. The van der Waals surface area contributed by atoms with Gasteiger partial charge in [-0.25, -0.2) is 0 Å². The number of thiophene rings is 1. The lowest BCUT2D eigenvalue weighted by molar-refractivity contribution is 0.607. The number of aryl methyl sites for hydroxylation is 1. The molecule has 0 aliphatic carbocycles. The van der Waals surface area contributed by atoms with Crippen LogP contribution in [0.1, 0.15) is 30.5 Å². The van der Waals surface area contributed by atoms with Gasteiger partial charge in [0.05, 0.1) is 5.52 Å². The van der Waals surface area contributed by atoms with Gasteiger partial charge in [-0.15, -0.1) is 11.3 Å². The van der Waals surface area contributed by atoms with Crippen LogP contribution in [-0.4, -0.2) is 4.98 Å². The average Bonchev–Trinajstić information content (AvgIpc) is 2.44. The van der Waals surface area contributed by atoms with E-state index in [0.29, 0.717) is 0 Å². The molecular formula is C12H16N2S. The summed E-state index contributed by atoms with van der Waals surface area (Å²) >= 11 is 1.81. The maximum absolute atomic E-state index is 5.98. The predicted molar refractivity (Wildman–Crippen MR) is 67.5 cm³/mol. The maximum Gasteiger partial charge on any atom is 0.0869 e. The van der Waals surface area contributed by atoms with E-state index in [0.717, 1.165) is 16.6 Å². The first kappa shape index (κ1) is 10.4. The summed E-state index contributed by atoms with van der Waals surface area (Å²) in [5, 5.41) is 1.13. The van der Waals surface area contributed by atoms with E-state index >= 15 is 0 Å². The number of pyridine rings is 1. The van der Waals surface area contributed by atoms with Crippen molar-refractivity contribution in [1.29, 1.82) is 0 Å². The second-order valence-corrected chi connectivity index (χ2v) is 6.09. The molecule has 0 bridgehead atoms. The molecular weight excluding hydrogens is 204 g/mol. The van der Waals surface area contributed by atoms with E-state index in [-0.39, 0.29) is 5.41 Å². The Morgan fingerprint density at radius 3 is 2.60 bits per heavy atom. The zero-order valence-corrected chi connectivity index (χ0v) is 10.4. The Kier molecular flexibility index (Phi) is 2.23. The van der Waals surface area contributed by atoms with E-state index in [4.69, 9.17) is 5.73 Å². The van der Waals surface area contributed by atoms with Crippen molar-refractivity contribution < 1.29 is 0 Å². The van der Waals surface area contributed by atoms with Gasteiger partial charge in [0.2, 0.25) is 0 Å². The van der Waals surface area contributed by atoms with Crippen LogP contribution in [0.25, 0.3) is 10.9 Å². The zero-order chi connectivity index (χ0) is 11.2. The van der Waals surface area contributed by atoms with E-state index in [2.05, 4.69) is 32.7 Å². The summed E-state index contributed by atoms with van der Waals surface area (Å²) in [6.45, 7) is 8.74. The van der Waals surface area contributed by atoms with Crippen molar-refractivity contribution >= 4 is 27.9 Å². The summed E-state index contributed by atoms with van der Waals surface area (Å²) in [5.41, 5.74) is 8.03. The molecule has 0 aromatic carbocycles. The topological polar surface area (TPSA) is 38.9 Å². The minimum absolute atomic E-state index is 0.137. The van der Waals surface area contributed by atoms with Crippen LogP contribution < -0.4 is 5.73 Å². The normalized spacial score (nSPS) is 12.3. The Morgan fingerprint density at radius 1 is 1.33 bits per heavy atom. The first-order chi connectivity index (χ1) is 6.91. The Hall–Kier alpha value is -1.09. The molecule has 15 heavy (non-hydrogen) atoms. The van der Waals surface area contributed by atoms with Gasteiger partial charge in [0.25, 0.3) is 0 Å². The Morgan fingerprint density at radius 2 is 2.00 bits per heavy atom. The quantitative estimate of drug-likeness (QED) is 0.738. The van der Waals surface area contributed by atoms with Crippen molar-refractivity contribution in [2.45, 2.75) is 33.1 Å². The van der Waals surface area contributed by atoms with Crippen molar-refractivity contribution in [1.82, 2.24) is 4.98 Å². The van der Waals surface area contributed by atoms with Crippen LogP contribution in [0.2, 0.25) is 0 Å². The number of nitrogens with zero attached hydrogens (tertiary/aromatic N) is 1. The van der Waals surface area contributed by atoms with Crippen molar-refractivity contribution in [3.63, 3.8) is 0 Å². The molecule has 0 spiro atoms. The molecule has 2 aromatic heterocycles. The molecule has 80 valence electrons. The smallest absolute Gasteiger partial charge is 0.0869 e.